The van der Waals surface area contributed by atoms with Crippen LogP contribution in [-0.4, -0.2) is 27.1 Å². The second kappa shape index (κ2) is 9.13. The third-order valence-electron chi connectivity index (χ3n) is 5.98. The van der Waals surface area contributed by atoms with Crippen molar-refractivity contribution in [1.29, 1.82) is 0 Å². The molecule has 174 valence electrons. The normalized spacial score (nSPS) is 17.3. The van der Waals surface area contributed by atoms with Gasteiger partial charge in [0.1, 0.15) is 0 Å². The molecule has 2 heterocycles. The average Bonchev–Trinajstić information content (AvgIpc) is 3.28. The Morgan fingerprint density at radius 2 is 1.60 bits per heavy atom. The van der Waals surface area contributed by atoms with E-state index in [4.69, 9.17) is 12.2 Å². The van der Waals surface area contributed by atoms with Crippen molar-refractivity contribution in [3.63, 3.8) is 0 Å². The molecule has 0 bridgehead atoms. The van der Waals surface area contributed by atoms with Crippen LogP contribution in [0.15, 0.2) is 77.7 Å². The van der Waals surface area contributed by atoms with Crippen molar-refractivity contribution < 1.29 is 14.4 Å². The monoisotopic (exact) mass is 499 g/mol. The smallest absolute Gasteiger partial charge is 0.286 e. The maximum absolute atomic E-state index is 13.6. The molecule has 0 radical (unpaired) electrons. The Morgan fingerprint density at radius 1 is 0.914 bits per heavy atom. The zero-order valence-corrected chi connectivity index (χ0v) is 20.7. The molecule has 6 nitrogen and oxygen atoms in total. The first-order valence-corrected chi connectivity index (χ1v) is 12.2. The van der Waals surface area contributed by atoms with E-state index in [9.17, 15) is 14.4 Å². The maximum Gasteiger partial charge on any atom is 0.286 e. The van der Waals surface area contributed by atoms with Gasteiger partial charge in [0.25, 0.3) is 17.7 Å². The molecule has 1 N–H and O–H groups in total. The fourth-order valence-electron chi connectivity index (χ4n) is 4.14. The Balaban J connectivity index is 1.48. The number of carbonyl (C=O) groups excluding carboxylic acids is 3. The number of para-hydroxylation sites is 1. The first kappa shape index (κ1) is 23.0. The highest BCUT2D eigenvalue weighted by atomic mass is 32.2. The number of aryl methyl sites for hydroxylation is 2. The predicted molar refractivity (Wildman–Crippen MR) is 141 cm³/mol. The van der Waals surface area contributed by atoms with E-state index in [1.807, 2.05) is 74.5 Å². The molecule has 5 rings (SSSR count). The Hall–Kier alpha value is -3.75. The number of carbonyl (C=O) groups is 3. The summed E-state index contributed by atoms with van der Waals surface area (Å²) in [6, 6.07) is 22.5. The SMILES string of the molecule is Cc1ccc(CN2C(=O)/C(=C3\SC(=S)N(NC(=O)c4ccccc4C)C3=O)c3ccccc32)cc1. The Morgan fingerprint density at radius 3 is 2.34 bits per heavy atom. The molecule has 0 spiro atoms. The van der Waals surface area contributed by atoms with Crippen LogP contribution in [0.25, 0.3) is 5.57 Å². The van der Waals surface area contributed by atoms with Crippen LogP contribution in [0, 0.1) is 13.8 Å². The van der Waals surface area contributed by atoms with Crippen LogP contribution >= 0.6 is 24.0 Å². The second-order valence-corrected chi connectivity index (χ2v) is 10.0. The van der Waals surface area contributed by atoms with E-state index in [1.165, 1.54) is 0 Å². The average molecular weight is 500 g/mol. The van der Waals surface area contributed by atoms with E-state index < -0.39 is 11.8 Å². The number of hydrogen-bond donors (Lipinski definition) is 1. The number of thiocarbonyl (C=S) groups is 1. The molecule has 35 heavy (non-hydrogen) atoms. The van der Waals surface area contributed by atoms with Gasteiger partial charge in [-0.15, -0.1) is 0 Å². The summed E-state index contributed by atoms with van der Waals surface area (Å²) in [5.41, 5.74) is 7.67. The van der Waals surface area contributed by atoms with Gasteiger partial charge in [0.15, 0.2) is 4.32 Å². The lowest BCUT2D eigenvalue weighted by Crippen LogP contribution is -2.45. The van der Waals surface area contributed by atoms with E-state index in [-0.39, 0.29) is 15.1 Å². The lowest BCUT2D eigenvalue weighted by Gasteiger charge is -2.17. The molecule has 0 atom stereocenters. The van der Waals surface area contributed by atoms with Gasteiger partial charge in [-0.3, -0.25) is 19.8 Å². The van der Waals surface area contributed by atoms with Gasteiger partial charge in [0.05, 0.1) is 22.7 Å². The summed E-state index contributed by atoms with van der Waals surface area (Å²) in [5, 5.41) is 1.05. The standard InChI is InChI=1S/C27H21N3O3S2/c1-16-11-13-18(14-12-16)15-29-21-10-6-5-9-20(21)22(25(29)32)23-26(33)30(27(34)35-23)28-24(31)19-8-4-3-7-17(19)2/h3-14H,15H2,1-2H3,(H,28,31)/b23-22-. The van der Waals surface area contributed by atoms with Gasteiger partial charge in [0, 0.05) is 11.1 Å². The van der Waals surface area contributed by atoms with Crippen molar-refractivity contribution in [2.45, 2.75) is 20.4 Å². The van der Waals surface area contributed by atoms with Gasteiger partial charge in [-0.25, -0.2) is 0 Å². The van der Waals surface area contributed by atoms with Crippen LogP contribution in [0.3, 0.4) is 0 Å². The Bertz CT molecular complexity index is 1430. The molecular formula is C27H21N3O3S2. The molecule has 3 amide bonds. The van der Waals surface area contributed by atoms with Gasteiger partial charge < -0.3 is 4.90 Å². The van der Waals surface area contributed by atoms with Crippen LogP contribution in [0.2, 0.25) is 0 Å². The Kier molecular flexibility index (Phi) is 6.00. The number of fused-ring (bicyclic) bond motifs is 1. The van der Waals surface area contributed by atoms with Crippen molar-refractivity contribution in [3.8, 4) is 0 Å². The molecule has 0 unspecified atom stereocenters. The van der Waals surface area contributed by atoms with Gasteiger partial charge in [0.2, 0.25) is 0 Å². The molecule has 1 fully saturated rings. The summed E-state index contributed by atoms with van der Waals surface area (Å²) in [4.78, 5) is 41.7. The van der Waals surface area contributed by atoms with Crippen LogP contribution in [-0.2, 0) is 16.1 Å². The fraction of sp³-hybridized carbons (Fsp3) is 0.111. The lowest BCUT2D eigenvalue weighted by molar-refractivity contribution is -0.124. The van der Waals surface area contributed by atoms with Gasteiger partial charge in [-0.2, -0.15) is 5.01 Å². The summed E-state index contributed by atoms with van der Waals surface area (Å²) < 4.78 is 0.168. The minimum atomic E-state index is -0.516. The number of nitrogens with zero attached hydrogens (tertiary/aromatic N) is 2. The first-order valence-electron chi connectivity index (χ1n) is 11.0. The highest BCUT2D eigenvalue weighted by molar-refractivity contribution is 8.26. The van der Waals surface area contributed by atoms with Gasteiger partial charge >= 0.3 is 0 Å². The van der Waals surface area contributed by atoms with Gasteiger partial charge in [-0.05, 0) is 49.3 Å². The van der Waals surface area contributed by atoms with Crippen molar-refractivity contribution in [2.75, 3.05) is 4.90 Å². The molecular weight excluding hydrogens is 478 g/mol. The summed E-state index contributed by atoms with van der Waals surface area (Å²) in [6.45, 7) is 4.21. The maximum atomic E-state index is 13.6. The number of hydrogen-bond acceptors (Lipinski definition) is 5. The predicted octanol–water partition coefficient (Wildman–Crippen LogP) is 4.77. The Labute approximate surface area is 212 Å². The molecule has 3 aromatic rings. The van der Waals surface area contributed by atoms with E-state index in [0.29, 0.717) is 23.2 Å². The topological polar surface area (TPSA) is 69.7 Å². The molecule has 3 aromatic carbocycles. The lowest BCUT2D eigenvalue weighted by atomic mass is 10.1. The van der Waals surface area contributed by atoms with Crippen molar-refractivity contribution >= 4 is 57.3 Å². The van der Waals surface area contributed by atoms with E-state index >= 15 is 0 Å². The number of anilines is 1. The molecule has 8 heteroatoms. The molecule has 2 aliphatic heterocycles. The molecule has 2 aliphatic rings. The van der Waals surface area contributed by atoms with Crippen LogP contribution in [0.4, 0.5) is 5.69 Å². The highest BCUT2D eigenvalue weighted by Gasteiger charge is 2.42. The first-order chi connectivity index (χ1) is 16.8. The minimum absolute atomic E-state index is 0.168. The summed E-state index contributed by atoms with van der Waals surface area (Å²) >= 11 is 6.43. The molecule has 0 aliphatic carbocycles. The number of thioether (sulfide) groups is 1. The summed E-state index contributed by atoms with van der Waals surface area (Å²) in [6.07, 6.45) is 0. The van der Waals surface area contributed by atoms with E-state index in [1.54, 1.807) is 17.0 Å². The van der Waals surface area contributed by atoms with E-state index in [2.05, 4.69) is 5.43 Å². The fourth-order valence-corrected chi connectivity index (χ4v) is 5.39. The largest absolute Gasteiger partial charge is 0.303 e. The molecule has 0 aromatic heterocycles. The van der Waals surface area contributed by atoms with Crippen LogP contribution in [0.1, 0.15) is 32.6 Å². The third kappa shape index (κ3) is 4.15. The quantitative estimate of drug-likeness (QED) is 0.414. The van der Waals surface area contributed by atoms with Crippen molar-refractivity contribution in [2.24, 2.45) is 0 Å². The van der Waals surface area contributed by atoms with Crippen LogP contribution < -0.4 is 10.3 Å². The zero-order valence-electron chi connectivity index (χ0n) is 19.1. The number of rotatable bonds is 4. The highest BCUT2D eigenvalue weighted by Crippen LogP contribution is 2.44. The minimum Gasteiger partial charge on any atom is -0.303 e. The molecule has 0 saturated carbocycles. The van der Waals surface area contributed by atoms with Crippen LogP contribution in [0.5, 0.6) is 0 Å². The summed E-state index contributed by atoms with van der Waals surface area (Å²) in [5.74, 6) is -1.22. The van der Waals surface area contributed by atoms with Crippen molar-refractivity contribution in [3.05, 3.63) is 106 Å². The number of amides is 3. The number of hydrazine groups is 1. The number of benzene rings is 3. The van der Waals surface area contributed by atoms with Gasteiger partial charge in [-0.1, -0.05) is 78.0 Å². The summed E-state index contributed by atoms with van der Waals surface area (Å²) in [7, 11) is 0. The zero-order chi connectivity index (χ0) is 24.7. The van der Waals surface area contributed by atoms with Crippen molar-refractivity contribution in [1.82, 2.24) is 10.4 Å². The molecule has 1 saturated heterocycles. The van der Waals surface area contributed by atoms with E-state index in [0.717, 1.165) is 39.1 Å². The second-order valence-electron chi connectivity index (χ2n) is 8.36. The number of nitrogens with one attached hydrogen (secondary N) is 1. The third-order valence-corrected chi connectivity index (χ3v) is 7.36.